The molecule has 6 heteroatoms. The molecule has 2 aromatic carbocycles. The van der Waals surface area contributed by atoms with Crippen molar-refractivity contribution in [3.8, 4) is 11.5 Å². The molecule has 0 fully saturated rings. The van der Waals surface area contributed by atoms with Crippen LogP contribution in [0.5, 0.6) is 11.5 Å². The smallest absolute Gasteiger partial charge is 0.208 e. The Bertz CT molecular complexity index is 839. The predicted octanol–water partition coefficient (Wildman–Crippen LogP) is 2.48. The molecule has 114 valence electrons. The molecule has 3 rings (SSSR count). The lowest BCUT2D eigenvalue weighted by molar-refractivity contribution is 0.357. The van der Waals surface area contributed by atoms with Crippen LogP contribution in [0.1, 0.15) is 5.56 Å². The van der Waals surface area contributed by atoms with Crippen LogP contribution in [-0.2, 0) is 9.84 Å². The molecule has 0 aliphatic carbocycles. The van der Waals surface area contributed by atoms with Crippen LogP contribution in [-0.4, -0.2) is 22.1 Å². The summed E-state index contributed by atoms with van der Waals surface area (Å²) < 4.78 is 35.6. The van der Waals surface area contributed by atoms with Gasteiger partial charge in [0.05, 0.1) is 17.7 Å². The molecule has 0 saturated heterocycles. The first-order valence-electron chi connectivity index (χ1n) is 6.63. The predicted molar refractivity (Wildman–Crippen MR) is 84.5 cm³/mol. The lowest BCUT2D eigenvalue weighted by Crippen LogP contribution is -2.10. The van der Waals surface area contributed by atoms with Crippen molar-refractivity contribution in [1.82, 2.24) is 0 Å². The van der Waals surface area contributed by atoms with E-state index in [1.54, 1.807) is 55.7 Å². The zero-order valence-corrected chi connectivity index (χ0v) is 12.8. The third-order valence-corrected chi connectivity index (χ3v) is 5.38. The first kappa shape index (κ1) is 14.5. The van der Waals surface area contributed by atoms with Gasteiger partial charge in [0, 0.05) is 0 Å². The summed E-state index contributed by atoms with van der Waals surface area (Å²) in [5.74, 6) is 1.28. The van der Waals surface area contributed by atoms with Crippen molar-refractivity contribution in [2.45, 2.75) is 4.90 Å². The molecule has 1 heterocycles. The maximum Gasteiger partial charge on any atom is 0.208 e. The lowest BCUT2D eigenvalue weighted by Gasteiger charge is -2.09. The van der Waals surface area contributed by atoms with Crippen molar-refractivity contribution in [3.63, 3.8) is 0 Å². The minimum absolute atomic E-state index is 0.0389. The minimum atomic E-state index is -3.57. The number of nitrogens with two attached hydrogens (primary N) is 1. The van der Waals surface area contributed by atoms with E-state index in [4.69, 9.17) is 15.2 Å². The van der Waals surface area contributed by atoms with Crippen LogP contribution in [0.25, 0.3) is 6.08 Å². The van der Waals surface area contributed by atoms with Crippen LogP contribution < -0.4 is 15.2 Å². The second kappa shape index (κ2) is 5.38. The van der Waals surface area contributed by atoms with Gasteiger partial charge in [-0.05, 0) is 42.0 Å². The monoisotopic (exact) mass is 317 g/mol. The van der Waals surface area contributed by atoms with Crippen molar-refractivity contribution in [3.05, 3.63) is 52.9 Å². The molecule has 0 bridgehead atoms. The summed E-state index contributed by atoms with van der Waals surface area (Å²) in [7, 11) is -2.00. The summed E-state index contributed by atoms with van der Waals surface area (Å²) in [4.78, 5) is 0.375. The molecule has 22 heavy (non-hydrogen) atoms. The Kier molecular flexibility index (Phi) is 3.54. The van der Waals surface area contributed by atoms with E-state index in [0.717, 1.165) is 0 Å². The fourth-order valence-electron chi connectivity index (χ4n) is 2.33. The number of methoxy groups -OCH3 is 1. The Balaban J connectivity index is 1.81. The molecule has 2 aromatic rings. The first-order valence-corrected chi connectivity index (χ1v) is 8.11. The number of hydrogen-bond donors (Lipinski definition) is 1. The fourth-order valence-corrected chi connectivity index (χ4v) is 3.90. The molecule has 0 spiro atoms. The molecule has 1 aliphatic heterocycles. The average molecular weight is 317 g/mol. The largest absolute Gasteiger partial charge is 0.497 e. The van der Waals surface area contributed by atoms with Crippen LogP contribution in [0.2, 0.25) is 0 Å². The van der Waals surface area contributed by atoms with E-state index in [1.807, 2.05) is 0 Å². The summed E-state index contributed by atoms with van der Waals surface area (Å²) in [5.41, 5.74) is 6.64. The van der Waals surface area contributed by atoms with Gasteiger partial charge >= 0.3 is 0 Å². The normalized spacial score (nSPS) is 15.0. The minimum Gasteiger partial charge on any atom is -0.497 e. The van der Waals surface area contributed by atoms with E-state index in [0.29, 0.717) is 17.1 Å². The molecule has 1 aliphatic rings. The molecule has 0 radical (unpaired) electrons. The third-order valence-electron chi connectivity index (χ3n) is 3.45. The molecule has 0 amide bonds. The summed E-state index contributed by atoms with van der Waals surface area (Å²) in [5, 5.41) is 0. The summed E-state index contributed by atoms with van der Waals surface area (Å²) in [6.07, 6.45) is 1.60. The second-order valence-electron chi connectivity index (χ2n) is 4.84. The number of ether oxygens (including phenoxy) is 2. The average Bonchev–Trinajstić information content (AvgIpc) is 2.77. The van der Waals surface area contributed by atoms with Crippen LogP contribution in [0.15, 0.2) is 52.3 Å². The Labute approximate surface area is 128 Å². The van der Waals surface area contributed by atoms with Crippen LogP contribution in [0.3, 0.4) is 0 Å². The number of fused-ring (bicyclic) bond motifs is 1. The van der Waals surface area contributed by atoms with Gasteiger partial charge in [-0.25, -0.2) is 8.42 Å². The highest BCUT2D eigenvalue weighted by atomic mass is 32.2. The van der Waals surface area contributed by atoms with Gasteiger partial charge in [-0.1, -0.05) is 12.1 Å². The van der Waals surface area contributed by atoms with Crippen LogP contribution >= 0.6 is 0 Å². The summed E-state index contributed by atoms with van der Waals surface area (Å²) >= 11 is 0. The molecule has 0 atom stereocenters. The van der Waals surface area contributed by atoms with Gasteiger partial charge in [-0.15, -0.1) is 0 Å². The molecular formula is C16H15NO4S. The van der Waals surface area contributed by atoms with Crippen molar-refractivity contribution in [2.75, 3.05) is 19.5 Å². The zero-order valence-electron chi connectivity index (χ0n) is 11.9. The number of rotatable bonds is 4. The number of nitrogen functional groups attached to an aromatic ring is 1. The van der Waals surface area contributed by atoms with Crippen molar-refractivity contribution in [2.24, 2.45) is 0 Å². The highest BCUT2D eigenvalue weighted by Crippen LogP contribution is 2.36. The van der Waals surface area contributed by atoms with Crippen molar-refractivity contribution in [1.29, 1.82) is 0 Å². The topological polar surface area (TPSA) is 78.6 Å². The highest BCUT2D eigenvalue weighted by molar-refractivity contribution is 7.96. The molecule has 0 aromatic heterocycles. The van der Waals surface area contributed by atoms with E-state index in [2.05, 4.69) is 0 Å². The number of benzene rings is 2. The highest BCUT2D eigenvalue weighted by Gasteiger charge is 2.31. The third kappa shape index (κ3) is 2.42. The van der Waals surface area contributed by atoms with Gasteiger partial charge in [0.2, 0.25) is 9.84 Å². The van der Waals surface area contributed by atoms with E-state index in [9.17, 15) is 8.42 Å². The molecule has 0 saturated carbocycles. The maximum atomic E-state index is 12.5. The first-order chi connectivity index (χ1) is 10.5. The Morgan fingerprint density at radius 2 is 1.73 bits per heavy atom. The summed E-state index contributed by atoms with van der Waals surface area (Å²) in [6.45, 7) is -0.0389. The van der Waals surface area contributed by atoms with Gasteiger partial charge < -0.3 is 15.2 Å². The lowest BCUT2D eigenvalue weighted by atomic mass is 10.2. The zero-order chi connectivity index (χ0) is 15.7. The van der Waals surface area contributed by atoms with Crippen LogP contribution in [0, 0.1) is 0 Å². The number of anilines is 1. The summed E-state index contributed by atoms with van der Waals surface area (Å²) in [6, 6.07) is 12.0. The fraction of sp³-hybridized carbons (Fsp3) is 0.125. The van der Waals surface area contributed by atoms with E-state index in [-0.39, 0.29) is 22.1 Å². The van der Waals surface area contributed by atoms with Gasteiger partial charge in [0.15, 0.2) is 0 Å². The molecule has 2 N–H and O–H groups in total. The SMILES string of the molecule is COc1ccc(OCC2=Cc3cccc(N)c3S2(=O)=O)cc1. The van der Waals surface area contributed by atoms with Gasteiger partial charge in [0.1, 0.15) is 23.0 Å². The Hall–Kier alpha value is -2.47. The quantitative estimate of drug-likeness (QED) is 0.877. The standard InChI is InChI=1S/C16H15NO4S/c1-20-12-5-7-13(8-6-12)21-10-14-9-11-3-2-4-15(17)16(11)22(14,18)19/h2-9H,10,17H2,1H3. The van der Waals surface area contributed by atoms with E-state index < -0.39 is 9.84 Å². The van der Waals surface area contributed by atoms with Gasteiger partial charge in [-0.3, -0.25) is 0 Å². The molecular weight excluding hydrogens is 302 g/mol. The molecule has 0 unspecified atom stereocenters. The van der Waals surface area contributed by atoms with Crippen molar-refractivity contribution < 1.29 is 17.9 Å². The van der Waals surface area contributed by atoms with Gasteiger partial charge in [-0.2, -0.15) is 0 Å². The van der Waals surface area contributed by atoms with Gasteiger partial charge in [0.25, 0.3) is 0 Å². The maximum absolute atomic E-state index is 12.5. The van der Waals surface area contributed by atoms with Crippen LogP contribution in [0.4, 0.5) is 5.69 Å². The second-order valence-corrected chi connectivity index (χ2v) is 6.78. The molecule has 5 nitrogen and oxygen atoms in total. The van der Waals surface area contributed by atoms with Crippen molar-refractivity contribution >= 4 is 21.6 Å². The number of sulfone groups is 1. The van der Waals surface area contributed by atoms with E-state index in [1.165, 1.54) is 0 Å². The number of hydrogen-bond acceptors (Lipinski definition) is 5. The Morgan fingerprint density at radius 3 is 2.36 bits per heavy atom. The van der Waals surface area contributed by atoms with E-state index >= 15 is 0 Å². The Morgan fingerprint density at radius 1 is 1.05 bits per heavy atom.